The van der Waals surface area contributed by atoms with Crippen LogP contribution in [-0.2, 0) is 0 Å². The molecule has 0 radical (unpaired) electrons. The number of pyridine rings is 2. The molecule has 7 rings (SSSR count). The summed E-state index contributed by atoms with van der Waals surface area (Å²) in [5.74, 6) is 3.07. The maximum atomic E-state index is 5.14. The molecule has 9 nitrogen and oxygen atoms in total. The zero-order valence-electron chi connectivity index (χ0n) is 19.0. The molecule has 3 fully saturated rings. The molecule has 2 N–H and O–H groups in total. The van der Waals surface area contributed by atoms with Crippen molar-refractivity contribution in [2.75, 3.05) is 36.4 Å². The number of rotatable bonds is 6. The molecular formula is C25H27N9. The molecule has 1 aliphatic heterocycles. The predicted octanol–water partition coefficient (Wildman–Crippen LogP) is 3.65. The molecule has 0 spiro atoms. The SMILES string of the molecule is c1cc(-c2nc(N3CCNCC3)c3c(C4CC4)cncc3n2)cc(Nc2cnn(C3CC3)c2)n1. The van der Waals surface area contributed by atoms with Crippen molar-refractivity contribution in [3.05, 3.63) is 48.7 Å². The van der Waals surface area contributed by atoms with E-state index in [1.165, 1.54) is 36.6 Å². The van der Waals surface area contributed by atoms with E-state index in [0.29, 0.717) is 17.8 Å². The van der Waals surface area contributed by atoms with Crippen LogP contribution in [0.4, 0.5) is 17.3 Å². The van der Waals surface area contributed by atoms with Gasteiger partial charge >= 0.3 is 0 Å². The first-order chi connectivity index (χ1) is 16.8. The Kier molecular flexibility index (Phi) is 4.68. The number of nitrogens with zero attached hydrogens (tertiary/aromatic N) is 7. The highest BCUT2D eigenvalue weighted by molar-refractivity contribution is 5.94. The van der Waals surface area contributed by atoms with E-state index in [4.69, 9.17) is 9.97 Å². The zero-order valence-corrected chi connectivity index (χ0v) is 19.0. The van der Waals surface area contributed by atoms with Gasteiger partial charge in [-0.05, 0) is 49.3 Å². The monoisotopic (exact) mass is 453 g/mol. The Morgan fingerprint density at radius 2 is 1.88 bits per heavy atom. The lowest BCUT2D eigenvalue weighted by atomic mass is 10.1. The molecule has 3 aliphatic rings. The number of hydrogen-bond acceptors (Lipinski definition) is 8. The van der Waals surface area contributed by atoms with Crippen LogP contribution in [0.1, 0.15) is 43.2 Å². The summed E-state index contributed by atoms with van der Waals surface area (Å²) < 4.78 is 2.03. The average molecular weight is 454 g/mol. The second-order valence-electron chi connectivity index (χ2n) is 9.50. The fraction of sp³-hybridized carbons (Fsp3) is 0.400. The first-order valence-corrected chi connectivity index (χ1v) is 12.2. The molecule has 1 saturated heterocycles. The minimum Gasteiger partial charge on any atom is -0.353 e. The van der Waals surface area contributed by atoms with E-state index >= 15 is 0 Å². The lowest BCUT2D eigenvalue weighted by molar-refractivity contribution is 0.586. The maximum Gasteiger partial charge on any atom is 0.162 e. The van der Waals surface area contributed by atoms with Crippen LogP contribution in [0.15, 0.2) is 43.1 Å². The van der Waals surface area contributed by atoms with E-state index < -0.39 is 0 Å². The molecule has 4 aromatic heterocycles. The van der Waals surface area contributed by atoms with E-state index in [9.17, 15) is 0 Å². The van der Waals surface area contributed by atoms with E-state index in [1.54, 1.807) is 6.20 Å². The molecule has 0 bridgehead atoms. The van der Waals surface area contributed by atoms with Crippen molar-refractivity contribution < 1.29 is 0 Å². The molecule has 172 valence electrons. The molecule has 34 heavy (non-hydrogen) atoms. The third-order valence-electron chi connectivity index (χ3n) is 6.86. The Morgan fingerprint density at radius 1 is 1.00 bits per heavy atom. The fourth-order valence-electron chi connectivity index (χ4n) is 4.75. The summed E-state index contributed by atoms with van der Waals surface area (Å²) in [5, 5.41) is 12.5. The molecule has 0 unspecified atom stereocenters. The Labute approximate surface area is 197 Å². The number of piperazine rings is 1. The molecule has 0 amide bonds. The van der Waals surface area contributed by atoms with Gasteiger partial charge in [0, 0.05) is 55.7 Å². The number of anilines is 3. The molecule has 2 aliphatic carbocycles. The van der Waals surface area contributed by atoms with Gasteiger partial charge in [0.1, 0.15) is 11.6 Å². The van der Waals surface area contributed by atoms with Crippen LogP contribution in [0.2, 0.25) is 0 Å². The van der Waals surface area contributed by atoms with Gasteiger partial charge in [-0.2, -0.15) is 5.10 Å². The summed E-state index contributed by atoms with van der Waals surface area (Å²) in [7, 11) is 0. The highest BCUT2D eigenvalue weighted by Crippen LogP contribution is 2.45. The van der Waals surface area contributed by atoms with Crippen molar-refractivity contribution in [3.8, 4) is 11.4 Å². The normalized spacial score (nSPS) is 18.4. The van der Waals surface area contributed by atoms with E-state index in [0.717, 1.165) is 54.6 Å². The molecule has 5 heterocycles. The van der Waals surface area contributed by atoms with Crippen LogP contribution in [0.5, 0.6) is 0 Å². The fourth-order valence-corrected chi connectivity index (χ4v) is 4.75. The van der Waals surface area contributed by atoms with Crippen molar-refractivity contribution in [2.45, 2.75) is 37.6 Å². The zero-order chi connectivity index (χ0) is 22.5. The third-order valence-corrected chi connectivity index (χ3v) is 6.86. The van der Waals surface area contributed by atoms with Gasteiger partial charge in [0.15, 0.2) is 5.82 Å². The molecule has 4 aromatic rings. The first-order valence-electron chi connectivity index (χ1n) is 12.2. The van der Waals surface area contributed by atoms with Crippen LogP contribution in [-0.4, -0.2) is 55.9 Å². The predicted molar refractivity (Wildman–Crippen MR) is 131 cm³/mol. The van der Waals surface area contributed by atoms with Gasteiger partial charge in [0.25, 0.3) is 0 Å². The summed E-state index contributed by atoms with van der Waals surface area (Å²) in [6, 6.07) is 4.54. The topological polar surface area (TPSA) is 96.7 Å². The molecule has 9 heteroatoms. The van der Waals surface area contributed by atoms with Gasteiger partial charge in [-0.25, -0.2) is 15.0 Å². The highest BCUT2D eigenvalue weighted by Gasteiger charge is 2.29. The summed E-state index contributed by atoms with van der Waals surface area (Å²) in [4.78, 5) is 21.5. The van der Waals surface area contributed by atoms with Crippen LogP contribution < -0.4 is 15.5 Å². The van der Waals surface area contributed by atoms with Crippen LogP contribution in [0.3, 0.4) is 0 Å². The Balaban J connectivity index is 1.28. The number of nitrogens with one attached hydrogen (secondary N) is 2. The van der Waals surface area contributed by atoms with Gasteiger partial charge in [-0.3, -0.25) is 9.67 Å². The van der Waals surface area contributed by atoms with Gasteiger partial charge < -0.3 is 15.5 Å². The number of hydrogen-bond donors (Lipinski definition) is 2. The Hall–Kier alpha value is -3.59. The lowest BCUT2D eigenvalue weighted by Gasteiger charge is -2.30. The molecule has 2 saturated carbocycles. The summed E-state index contributed by atoms with van der Waals surface area (Å²) in [6.45, 7) is 3.79. The first kappa shape index (κ1) is 19.8. The minimum absolute atomic E-state index is 0.554. The van der Waals surface area contributed by atoms with Crippen LogP contribution in [0, 0.1) is 0 Å². The molecule has 0 atom stereocenters. The van der Waals surface area contributed by atoms with Crippen molar-refractivity contribution >= 4 is 28.2 Å². The second-order valence-corrected chi connectivity index (χ2v) is 9.50. The van der Waals surface area contributed by atoms with Crippen molar-refractivity contribution in [3.63, 3.8) is 0 Å². The van der Waals surface area contributed by atoms with Crippen molar-refractivity contribution in [1.82, 2.24) is 35.0 Å². The second kappa shape index (κ2) is 8.02. The average Bonchev–Trinajstić information content (AvgIpc) is 3.82. The van der Waals surface area contributed by atoms with Crippen molar-refractivity contribution in [1.29, 1.82) is 0 Å². The summed E-state index contributed by atoms with van der Waals surface area (Å²) >= 11 is 0. The lowest BCUT2D eigenvalue weighted by Crippen LogP contribution is -2.44. The third kappa shape index (κ3) is 3.75. The van der Waals surface area contributed by atoms with Crippen LogP contribution in [0.25, 0.3) is 22.3 Å². The summed E-state index contributed by atoms with van der Waals surface area (Å²) in [5.41, 5.74) is 4.08. The van der Waals surface area contributed by atoms with E-state index in [-0.39, 0.29) is 0 Å². The minimum atomic E-state index is 0.554. The van der Waals surface area contributed by atoms with Crippen LogP contribution >= 0.6 is 0 Å². The van der Waals surface area contributed by atoms with E-state index in [1.807, 2.05) is 41.6 Å². The quantitative estimate of drug-likeness (QED) is 0.457. The van der Waals surface area contributed by atoms with Crippen molar-refractivity contribution in [2.24, 2.45) is 0 Å². The Morgan fingerprint density at radius 3 is 2.71 bits per heavy atom. The Bertz CT molecular complexity index is 1350. The maximum absolute atomic E-state index is 5.14. The standard InChI is InChI=1S/C25H27N9/c1-2-16(1)20-13-27-14-21-23(20)25(33-9-7-26-8-10-33)32-24(31-21)17-5-6-28-22(11-17)30-18-12-29-34(15-18)19-3-4-19/h5-6,11-16,19,26H,1-4,7-10H2,(H,28,30). The van der Waals surface area contributed by atoms with Gasteiger partial charge in [-0.15, -0.1) is 0 Å². The van der Waals surface area contributed by atoms with Gasteiger partial charge in [0.2, 0.25) is 0 Å². The largest absolute Gasteiger partial charge is 0.353 e. The summed E-state index contributed by atoms with van der Waals surface area (Å²) in [6.07, 6.45) is 14.5. The van der Waals surface area contributed by atoms with E-state index in [2.05, 4.69) is 30.6 Å². The highest BCUT2D eigenvalue weighted by atomic mass is 15.3. The smallest absolute Gasteiger partial charge is 0.162 e. The molecule has 0 aromatic carbocycles. The van der Waals surface area contributed by atoms with Gasteiger partial charge in [-0.1, -0.05) is 0 Å². The number of aromatic nitrogens is 6. The van der Waals surface area contributed by atoms with Gasteiger partial charge in [0.05, 0.1) is 29.6 Å². The number of fused-ring (bicyclic) bond motifs is 1. The molecular weight excluding hydrogens is 426 g/mol.